The molecule has 1 fully saturated rings. The molecule has 0 unspecified atom stereocenters. The molecule has 1 aliphatic rings. The van der Waals surface area contributed by atoms with Crippen LogP contribution < -0.4 is 5.32 Å². The molecule has 2 N–H and O–H groups in total. The van der Waals surface area contributed by atoms with Crippen LogP contribution in [0.4, 0.5) is 0 Å². The highest BCUT2D eigenvalue weighted by atomic mass is 16.5. The van der Waals surface area contributed by atoms with Crippen LogP contribution in [0.2, 0.25) is 0 Å². The Bertz CT molecular complexity index is 224. The van der Waals surface area contributed by atoms with Crippen LogP contribution in [-0.2, 0) is 9.53 Å². The van der Waals surface area contributed by atoms with Crippen molar-refractivity contribution in [2.75, 3.05) is 13.7 Å². The van der Waals surface area contributed by atoms with Gasteiger partial charge in [0.15, 0.2) is 0 Å². The Morgan fingerprint density at radius 3 is 2.56 bits per heavy atom. The summed E-state index contributed by atoms with van der Waals surface area (Å²) in [5.41, 5.74) is 0.0380. The maximum absolute atomic E-state index is 11.4. The van der Waals surface area contributed by atoms with Gasteiger partial charge in [-0.2, -0.15) is 0 Å². The molecule has 0 aliphatic heterocycles. The minimum atomic E-state index is -0.574. The van der Waals surface area contributed by atoms with Crippen LogP contribution in [0.15, 0.2) is 0 Å². The van der Waals surface area contributed by atoms with Gasteiger partial charge in [-0.15, -0.1) is 0 Å². The standard InChI is InChI=1S/C12H23NO3/c1-3-6-12(7-4-5-8-12)13-10(9-14)11(15)16-2/h10,13-14H,3-9H2,1-2H3/t10-/m0/s1. The third kappa shape index (κ3) is 3.19. The highest BCUT2D eigenvalue weighted by molar-refractivity contribution is 5.75. The zero-order chi connectivity index (χ0) is 12.0. The number of aliphatic hydroxyl groups is 1. The van der Waals surface area contributed by atoms with E-state index in [0.717, 1.165) is 25.7 Å². The maximum atomic E-state index is 11.4. The van der Waals surface area contributed by atoms with Crippen molar-refractivity contribution in [1.82, 2.24) is 5.32 Å². The second kappa shape index (κ2) is 6.21. The summed E-state index contributed by atoms with van der Waals surface area (Å²) < 4.78 is 4.68. The van der Waals surface area contributed by atoms with Gasteiger partial charge in [-0.05, 0) is 19.3 Å². The third-order valence-electron chi connectivity index (χ3n) is 3.44. The van der Waals surface area contributed by atoms with Crippen molar-refractivity contribution in [1.29, 1.82) is 0 Å². The number of ether oxygens (including phenoxy) is 1. The van der Waals surface area contributed by atoms with Crippen molar-refractivity contribution in [3.05, 3.63) is 0 Å². The van der Waals surface area contributed by atoms with E-state index in [-0.39, 0.29) is 18.1 Å². The van der Waals surface area contributed by atoms with E-state index < -0.39 is 6.04 Å². The summed E-state index contributed by atoms with van der Waals surface area (Å²) in [4.78, 5) is 11.4. The summed E-state index contributed by atoms with van der Waals surface area (Å²) in [6.45, 7) is 1.95. The summed E-state index contributed by atoms with van der Waals surface area (Å²) in [5, 5.41) is 12.5. The van der Waals surface area contributed by atoms with Crippen LogP contribution in [0.3, 0.4) is 0 Å². The predicted octanol–water partition coefficient (Wildman–Crippen LogP) is 1.22. The molecule has 0 radical (unpaired) electrons. The first-order valence-electron chi connectivity index (χ1n) is 6.14. The molecule has 4 nitrogen and oxygen atoms in total. The van der Waals surface area contributed by atoms with E-state index in [2.05, 4.69) is 17.0 Å². The van der Waals surface area contributed by atoms with E-state index in [1.54, 1.807) is 0 Å². The van der Waals surface area contributed by atoms with Crippen LogP contribution in [0, 0.1) is 0 Å². The molecule has 1 aliphatic carbocycles. The number of nitrogens with one attached hydrogen (secondary N) is 1. The van der Waals surface area contributed by atoms with Crippen LogP contribution >= 0.6 is 0 Å². The number of carbonyl (C=O) groups excluding carboxylic acids is 1. The second-order valence-corrected chi connectivity index (χ2v) is 4.64. The van der Waals surface area contributed by atoms with Gasteiger partial charge < -0.3 is 9.84 Å². The van der Waals surface area contributed by atoms with Crippen molar-refractivity contribution in [3.63, 3.8) is 0 Å². The molecular formula is C12H23NO3. The van der Waals surface area contributed by atoms with E-state index in [1.165, 1.54) is 20.0 Å². The van der Waals surface area contributed by atoms with Crippen molar-refractivity contribution < 1.29 is 14.6 Å². The minimum Gasteiger partial charge on any atom is -0.468 e. The zero-order valence-corrected chi connectivity index (χ0v) is 10.3. The Balaban J connectivity index is 2.62. The molecular weight excluding hydrogens is 206 g/mol. The molecule has 94 valence electrons. The van der Waals surface area contributed by atoms with Gasteiger partial charge in [0.2, 0.25) is 0 Å². The maximum Gasteiger partial charge on any atom is 0.325 e. The quantitative estimate of drug-likeness (QED) is 0.672. The summed E-state index contributed by atoms with van der Waals surface area (Å²) in [5.74, 6) is -0.370. The van der Waals surface area contributed by atoms with Crippen molar-refractivity contribution in [3.8, 4) is 0 Å². The van der Waals surface area contributed by atoms with Crippen LogP contribution in [0.25, 0.3) is 0 Å². The number of aliphatic hydroxyl groups excluding tert-OH is 1. The largest absolute Gasteiger partial charge is 0.468 e. The highest BCUT2D eigenvalue weighted by Crippen LogP contribution is 2.34. The first-order valence-corrected chi connectivity index (χ1v) is 6.14. The van der Waals surface area contributed by atoms with Crippen molar-refractivity contribution in [2.45, 2.75) is 57.0 Å². The Morgan fingerprint density at radius 2 is 2.12 bits per heavy atom. The van der Waals surface area contributed by atoms with Crippen molar-refractivity contribution in [2.24, 2.45) is 0 Å². The summed E-state index contributed by atoms with van der Waals surface area (Å²) in [7, 11) is 1.35. The number of methoxy groups -OCH3 is 1. The average Bonchev–Trinajstić information content (AvgIpc) is 2.74. The Kier molecular flexibility index (Phi) is 5.22. The van der Waals surface area contributed by atoms with E-state index in [0.29, 0.717) is 0 Å². The van der Waals surface area contributed by atoms with Gasteiger partial charge >= 0.3 is 5.97 Å². The topological polar surface area (TPSA) is 58.6 Å². The van der Waals surface area contributed by atoms with Gasteiger partial charge in [0, 0.05) is 5.54 Å². The lowest BCUT2D eigenvalue weighted by atomic mass is 9.91. The first kappa shape index (κ1) is 13.5. The predicted molar refractivity (Wildman–Crippen MR) is 62.1 cm³/mol. The molecule has 0 spiro atoms. The number of hydrogen-bond donors (Lipinski definition) is 2. The number of esters is 1. The molecule has 1 saturated carbocycles. The molecule has 1 atom stereocenters. The molecule has 0 aromatic carbocycles. The number of hydrogen-bond acceptors (Lipinski definition) is 4. The molecule has 0 aromatic rings. The van der Waals surface area contributed by atoms with Gasteiger partial charge in [-0.25, -0.2) is 0 Å². The fourth-order valence-electron chi connectivity index (χ4n) is 2.69. The second-order valence-electron chi connectivity index (χ2n) is 4.64. The smallest absolute Gasteiger partial charge is 0.325 e. The fourth-order valence-corrected chi connectivity index (χ4v) is 2.69. The lowest BCUT2D eigenvalue weighted by Gasteiger charge is -2.33. The molecule has 0 aromatic heterocycles. The minimum absolute atomic E-state index is 0.0380. The van der Waals surface area contributed by atoms with Crippen LogP contribution in [-0.4, -0.2) is 36.4 Å². The van der Waals surface area contributed by atoms with Crippen molar-refractivity contribution >= 4 is 5.97 Å². The number of rotatable bonds is 6. The molecule has 4 heteroatoms. The molecule has 0 bridgehead atoms. The lowest BCUT2D eigenvalue weighted by molar-refractivity contribution is -0.145. The first-order chi connectivity index (χ1) is 7.67. The van der Waals surface area contributed by atoms with Gasteiger partial charge in [-0.1, -0.05) is 26.2 Å². The van der Waals surface area contributed by atoms with Gasteiger partial charge in [0.25, 0.3) is 0 Å². The summed E-state index contributed by atoms with van der Waals surface area (Å²) in [6, 6.07) is -0.574. The van der Waals surface area contributed by atoms with Gasteiger partial charge in [0.1, 0.15) is 6.04 Å². The molecule has 1 rings (SSSR count). The fraction of sp³-hybridized carbons (Fsp3) is 0.917. The van der Waals surface area contributed by atoms with Crippen LogP contribution in [0.1, 0.15) is 45.4 Å². The highest BCUT2D eigenvalue weighted by Gasteiger charge is 2.36. The van der Waals surface area contributed by atoms with Crippen LogP contribution in [0.5, 0.6) is 0 Å². The normalized spacial score (nSPS) is 20.7. The molecule has 0 amide bonds. The third-order valence-corrected chi connectivity index (χ3v) is 3.44. The Labute approximate surface area is 97.4 Å². The number of carbonyl (C=O) groups is 1. The van der Waals surface area contributed by atoms with E-state index in [1.807, 2.05) is 0 Å². The molecule has 0 heterocycles. The zero-order valence-electron chi connectivity index (χ0n) is 10.3. The lowest BCUT2D eigenvalue weighted by Crippen LogP contribution is -2.53. The molecule has 16 heavy (non-hydrogen) atoms. The monoisotopic (exact) mass is 229 g/mol. The molecule has 0 saturated heterocycles. The van der Waals surface area contributed by atoms with E-state index >= 15 is 0 Å². The SMILES string of the molecule is CCCC1(N[C@@H](CO)C(=O)OC)CCCC1. The average molecular weight is 229 g/mol. The Morgan fingerprint density at radius 1 is 1.50 bits per heavy atom. The van der Waals surface area contributed by atoms with Gasteiger partial charge in [0.05, 0.1) is 13.7 Å². The summed E-state index contributed by atoms with van der Waals surface area (Å²) in [6.07, 6.45) is 6.73. The summed E-state index contributed by atoms with van der Waals surface area (Å²) >= 11 is 0. The Hall–Kier alpha value is -0.610. The van der Waals surface area contributed by atoms with E-state index in [9.17, 15) is 9.90 Å². The van der Waals surface area contributed by atoms with E-state index in [4.69, 9.17) is 0 Å². The van der Waals surface area contributed by atoms with Gasteiger partial charge in [-0.3, -0.25) is 10.1 Å².